The van der Waals surface area contributed by atoms with Crippen molar-refractivity contribution in [2.24, 2.45) is 0 Å². The van der Waals surface area contributed by atoms with E-state index in [-0.39, 0.29) is 5.91 Å². The van der Waals surface area contributed by atoms with Crippen molar-refractivity contribution < 1.29 is 14.3 Å². The van der Waals surface area contributed by atoms with Gasteiger partial charge in [-0.3, -0.25) is 14.5 Å². The monoisotopic (exact) mass is 412 g/mol. The number of carbonyl (C=O) groups excluding carboxylic acids is 2. The van der Waals surface area contributed by atoms with Crippen LogP contribution >= 0.6 is 34.8 Å². The fourth-order valence-corrected chi connectivity index (χ4v) is 3.18. The van der Waals surface area contributed by atoms with Crippen LogP contribution in [-0.4, -0.2) is 24.0 Å². The van der Waals surface area contributed by atoms with Gasteiger partial charge in [0.05, 0.1) is 16.4 Å². The van der Waals surface area contributed by atoms with Crippen LogP contribution in [0.15, 0.2) is 36.4 Å². The molecular weight excluding hydrogens is 399 g/mol. The van der Waals surface area contributed by atoms with E-state index in [1.54, 1.807) is 50.2 Å². The van der Waals surface area contributed by atoms with Crippen molar-refractivity contribution in [3.8, 4) is 5.75 Å². The van der Waals surface area contributed by atoms with Gasteiger partial charge in [-0.25, -0.2) is 0 Å². The number of fused-ring (bicyclic) bond motifs is 1. The maximum absolute atomic E-state index is 12.7. The summed E-state index contributed by atoms with van der Waals surface area (Å²) in [7, 11) is 0. The number of amides is 2. The zero-order valence-corrected chi connectivity index (χ0v) is 16.2. The largest absolute Gasteiger partial charge is 0.479 e. The van der Waals surface area contributed by atoms with E-state index in [9.17, 15) is 9.59 Å². The van der Waals surface area contributed by atoms with Gasteiger partial charge in [-0.2, -0.15) is 0 Å². The highest BCUT2D eigenvalue weighted by Crippen LogP contribution is 2.37. The Balaban J connectivity index is 1.92. The summed E-state index contributed by atoms with van der Waals surface area (Å²) in [6, 6.07) is 8.86. The summed E-state index contributed by atoms with van der Waals surface area (Å²) < 4.78 is 5.59. The zero-order valence-electron chi connectivity index (χ0n) is 13.9. The van der Waals surface area contributed by atoms with Gasteiger partial charge in [-0.15, -0.1) is 0 Å². The van der Waals surface area contributed by atoms with Gasteiger partial charge in [0.15, 0.2) is 6.10 Å². The number of ether oxygens (including phenoxy) is 1. The van der Waals surface area contributed by atoms with Crippen molar-refractivity contribution in [1.82, 2.24) is 0 Å². The number of hydrogen-bond acceptors (Lipinski definition) is 3. The van der Waals surface area contributed by atoms with Crippen LogP contribution in [0, 0.1) is 0 Å². The van der Waals surface area contributed by atoms with Crippen LogP contribution in [0.25, 0.3) is 0 Å². The molecule has 3 rings (SSSR count). The normalized spacial score (nSPS) is 17.3. The average molecular weight is 414 g/mol. The lowest BCUT2D eigenvalue weighted by Crippen LogP contribution is -2.52. The molecule has 0 bridgehead atoms. The molecular formula is C18H15Cl3N2O3. The maximum Gasteiger partial charge on any atom is 0.268 e. The molecule has 8 heteroatoms. The Morgan fingerprint density at radius 3 is 2.54 bits per heavy atom. The summed E-state index contributed by atoms with van der Waals surface area (Å²) in [4.78, 5) is 26.8. The Kier molecular flexibility index (Phi) is 5.32. The highest BCUT2D eigenvalue weighted by atomic mass is 35.5. The molecule has 1 aliphatic rings. The third kappa shape index (κ3) is 3.61. The van der Waals surface area contributed by atoms with Crippen molar-refractivity contribution in [1.29, 1.82) is 0 Å². The Morgan fingerprint density at radius 2 is 1.81 bits per heavy atom. The molecule has 2 aromatic rings. The third-order valence-corrected chi connectivity index (χ3v) is 4.82. The van der Waals surface area contributed by atoms with Gasteiger partial charge in [0.25, 0.3) is 5.91 Å². The summed E-state index contributed by atoms with van der Waals surface area (Å²) >= 11 is 18.1. The second-order valence-electron chi connectivity index (χ2n) is 5.87. The van der Waals surface area contributed by atoms with Gasteiger partial charge >= 0.3 is 0 Å². The molecule has 2 unspecified atom stereocenters. The first-order valence-electron chi connectivity index (χ1n) is 7.83. The Morgan fingerprint density at radius 1 is 1.15 bits per heavy atom. The van der Waals surface area contributed by atoms with Gasteiger partial charge in [0, 0.05) is 10.0 Å². The van der Waals surface area contributed by atoms with Crippen molar-refractivity contribution in [2.45, 2.75) is 26.0 Å². The molecule has 2 amide bonds. The second kappa shape index (κ2) is 7.35. The lowest BCUT2D eigenvalue weighted by atomic mass is 10.1. The molecule has 0 spiro atoms. The molecule has 5 nitrogen and oxygen atoms in total. The van der Waals surface area contributed by atoms with Crippen LogP contribution < -0.4 is 15.0 Å². The summed E-state index contributed by atoms with van der Waals surface area (Å²) in [5.41, 5.74) is 0.816. The number of nitrogens with zero attached hydrogens (tertiary/aromatic N) is 1. The lowest BCUT2D eigenvalue weighted by molar-refractivity contribution is -0.128. The molecule has 2 aromatic carbocycles. The Bertz CT molecular complexity index is 888. The number of anilines is 2. The van der Waals surface area contributed by atoms with Crippen LogP contribution in [0.3, 0.4) is 0 Å². The van der Waals surface area contributed by atoms with Gasteiger partial charge in [-0.1, -0.05) is 34.8 Å². The minimum Gasteiger partial charge on any atom is -0.479 e. The second-order valence-corrected chi connectivity index (χ2v) is 7.15. The van der Waals surface area contributed by atoms with Crippen LogP contribution in [0.4, 0.5) is 11.4 Å². The standard InChI is InChI=1S/C18H15Cl3N2O3/c1-9(17(24)22-14-7-11(19)3-5-13(14)21)23-15-8-12(20)4-6-16(15)26-10(2)18(23)25/h3-10H,1-2H3,(H,22,24). The molecule has 0 radical (unpaired) electrons. The predicted molar refractivity (Wildman–Crippen MR) is 104 cm³/mol. The SMILES string of the molecule is CC1Oc2ccc(Cl)cc2N(C(C)C(=O)Nc2cc(Cl)ccc2Cl)C1=O. The molecule has 1 N–H and O–H groups in total. The van der Waals surface area contributed by atoms with Gasteiger partial charge < -0.3 is 10.1 Å². The first-order valence-corrected chi connectivity index (χ1v) is 8.96. The molecule has 0 fully saturated rings. The molecule has 0 aliphatic carbocycles. The van der Waals surface area contributed by atoms with E-state index < -0.39 is 18.1 Å². The minimum absolute atomic E-state index is 0.334. The van der Waals surface area contributed by atoms with Crippen LogP contribution in [0.5, 0.6) is 5.75 Å². The molecule has 136 valence electrons. The van der Waals surface area contributed by atoms with Crippen LogP contribution in [-0.2, 0) is 9.59 Å². The molecule has 0 saturated heterocycles. The number of rotatable bonds is 3. The van der Waals surface area contributed by atoms with Gasteiger partial charge in [0.2, 0.25) is 5.91 Å². The quantitative estimate of drug-likeness (QED) is 0.787. The first-order chi connectivity index (χ1) is 12.3. The van der Waals surface area contributed by atoms with E-state index in [4.69, 9.17) is 39.5 Å². The zero-order chi connectivity index (χ0) is 19.0. The van der Waals surface area contributed by atoms with Crippen LogP contribution in [0.1, 0.15) is 13.8 Å². The highest BCUT2D eigenvalue weighted by molar-refractivity contribution is 6.35. The highest BCUT2D eigenvalue weighted by Gasteiger charge is 2.37. The number of benzene rings is 2. The number of carbonyl (C=O) groups is 2. The number of nitrogens with one attached hydrogen (secondary N) is 1. The third-order valence-electron chi connectivity index (χ3n) is 4.02. The number of halogens is 3. The molecule has 1 aliphatic heterocycles. The van der Waals surface area contributed by atoms with E-state index in [1.165, 1.54) is 4.90 Å². The average Bonchev–Trinajstić information content (AvgIpc) is 2.59. The maximum atomic E-state index is 12.7. The van der Waals surface area contributed by atoms with Crippen molar-refractivity contribution in [3.63, 3.8) is 0 Å². The summed E-state index contributed by atoms with van der Waals surface area (Å²) in [6.45, 7) is 3.25. The summed E-state index contributed by atoms with van der Waals surface area (Å²) in [5, 5.41) is 3.92. The van der Waals surface area contributed by atoms with Gasteiger partial charge in [-0.05, 0) is 50.2 Å². The lowest BCUT2D eigenvalue weighted by Gasteiger charge is -2.36. The fraction of sp³-hybridized carbons (Fsp3) is 0.222. The van der Waals surface area contributed by atoms with Gasteiger partial charge in [0.1, 0.15) is 11.8 Å². The van der Waals surface area contributed by atoms with E-state index in [1.807, 2.05) is 0 Å². The smallest absolute Gasteiger partial charge is 0.268 e. The molecule has 0 aromatic heterocycles. The van der Waals surface area contributed by atoms with E-state index >= 15 is 0 Å². The topological polar surface area (TPSA) is 58.6 Å². The summed E-state index contributed by atoms with van der Waals surface area (Å²) in [5.74, 6) is -0.260. The van der Waals surface area contributed by atoms with E-state index in [0.717, 1.165) is 0 Å². The Labute approximate surface area is 165 Å². The minimum atomic E-state index is -0.818. The van der Waals surface area contributed by atoms with Crippen molar-refractivity contribution in [3.05, 3.63) is 51.5 Å². The van der Waals surface area contributed by atoms with Crippen molar-refractivity contribution in [2.75, 3.05) is 10.2 Å². The van der Waals surface area contributed by atoms with Crippen LogP contribution in [0.2, 0.25) is 15.1 Å². The molecule has 26 heavy (non-hydrogen) atoms. The predicted octanol–water partition coefficient (Wildman–Crippen LogP) is 4.79. The molecule has 2 atom stereocenters. The number of hydrogen-bond donors (Lipinski definition) is 1. The van der Waals surface area contributed by atoms with E-state index in [2.05, 4.69) is 5.32 Å². The first kappa shape index (κ1) is 18.8. The molecule has 1 heterocycles. The van der Waals surface area contributed by atoms with E-state index in [0.29, 0.717) is 32.2 Å². The summed E-state index contributed by atoms with van der Waals surface area (Å²) in [6.07, 6.45) is -0.714. The van der Waals surface area contributed by atoms with Crippen molar-refractivity contribution >= 4 is 58.0 Å². The molecule has 0 saturated carbocycles. The fourth-order valence-electron chi connectivity index (χ4n) is 2.68. The Hall–Kier alpha value is -1.95.